The normalized spacial score (nSPS) is 11.8. The number of amides is 1. The number of ether oxygens (including phenoxy) is 1. The second kappa shape index (κ2) is 14.4. The van der Waals surface area contributed by atoms with E-state index < -0.39 is 17.9 Å². The molecule has 8 heteroatoms. The lowest BCUT2D eigenvalue weighted by atomic mass is 9.87. The van der Waals surface area contributed by atoms with E-state index >= 15 is 0 Å². The van der Waals surface area contributed by atoms with E-state index in [1.165, 1.54) is 11.6 Å². The summed E-state index contributed by atoms with van der Waals surface area (Å²) < 4.78 is 6.09. The molecule has 0 aliphatic heterocycles. The van der Waals surface area contributed by atoms with Crippen molar-refractivity contribution in [2.45, 2.75) is 45.2 Å². The van der Waals surface area contributed by atoms with E-state index in [-0.39, 0.29) is 23.1 Å². The fourth-order valence-electron chi connectivity index (χ4n) is 5.14. The first-order chi connectivity index (χ1) is 22.5. The first-order valence-electron chi connectivity index (χ1n) is 15.3. The van der Waals surface area contributed by atoms with Gasteiger partial charge in [0.2, 0.25) is 0 Å². The molecule has 0 fully saturated rings. The molecule has 1 amide bonds. The number of halogens is 1. The van der Waals surface area contributed by atoms with Gasteiger partial charge in [0.1, 0.15) is 23.3 Å². The number of carbonyl (C=O) groups is 2. The smallest absolute Gasteiger partial charge is 0.326 e. The predicted molar refractivity (Wildman–Crippen MR) is 187 cm³/mol. The number of aliphatic carboxylic acids is 1. The van der Waals surface area contributed by atoms with Gasteiger partial charge in [0.15, 0.2) is 0 Å². The van der Waals surface area contributed by atoms with Crippen LogP contribution in [0.5, 0.6) is 17.2 Å². The molecule has 47 heavy (non-hydrogen) atoms. The molecule has 5 rings (SSSR count). The highest BCUT2D eigenvalue weighted by Crippen LogP contribution is 2.30. The highest BCUT2D eigenvalue weighted by molar-refractivity contribution is 6.31. The van der Waals surface area contributed by atoms with Gasteiger partial charge in [-0.25, -0.2) is 4.79 Å². The summed E-state index contributed by atoms with van der Waals surface area (Å²) in [7, 11) is 0. The van der Waals surface area contributed by atoms with Crippen LogP contribution in [0.2, 0.25) is 5.02 Å². The number of para-hydroxylation sites is 1. The van der Waals surface area contributed by atoms with Crippen LogP contribution in [0.3, 0.4) is 0 Å². The summed E-state index contributed by atoms with van der Waals surface area (Å²) >= 11 is 6.26. The highest BCUT2D eigenvalue weighted by Gasteiger charge is 2.23. The van der Waals surface area contributed by atoms with Crippen LogP contribution in [0, 0.1) is 0 Å². The Kier molecular flexibility index (Phi) is 10.2. The van der Waals surface area contributed by atoms with Gasteiger partial charge in [0.05, 0.1) is 5.56 Å². The van der Waals surface area contributed by atoms with Gasteiger partial charge < -0.3 is 25.6 Å². The number of rotatable bonds is 11. The zero-order chi connectivity index (χ0) is 33.6. The van der Waals surface area contributed by atoms with Crippen LogP contribution in [0.4, 0.5) is 5.69 Å². The number of benzene rings is 5. The van der Waals surface area contributed by atoms with Crippen molar-refractivity contribution < 1.29 is 24.5 Å². The summed E-state index contributed by atoms with van der Waals surface area (Å²) in [6.07, 6.45) is 0.0666. The number of phenolic OH excluding ortho intramolecular Hbond substituents is 1. The van der Waals surface area contributed by atoms with Gasteiger partial charge in [-0.2, -0.15) is 0 Å². The molecule has 0 spiro atoms. The van der Waals surface area contributed by atoms with Gasteiger partial charge in [-0.3, -0.25) is 4.79 Å². The summed E-state index contributed by atoms with van der Waals surface area (Å²) in [6, 6.07) is 33.6. The average Bonchev–Trinajstić information content (AvgIpc) is 3.04. The maximum absolute atomic E-state index is 13.4. The van der Waals surface area contributed by atoms with Crippen molar-refractivity contribution in [3.8, 4) is 28.4 Å². The molecule has 0 heterocycles. The summed E-state index contributed by atoms with van der Waals surface area (Å²) in [5.74, 6) is -0.155. The molecular weight excluding hydrogens is 612 g/mol. The minimum Gasteiger partial charge on any atom is -0.507 e. The molecule has 0 saturated carbocycles. The monoisotopic (exact) mass is 648 g/mol. The van der Waals surface area contributed by atoms with E-state index in [1.807, 2.05) is 54.6 Å². The predicted octanol–water partition coefficient (Wildman–Crippen LogP) is 8.84. The van der Waals surface area contributed by atoms with Crippen molar-refractivity contribution in [1.82, 2.24) is 5.32 Å². The molecule has 4 N–H and O–H groups in total. The lowest BCUT2D eigenvalue weighted by Crippen LogP contribution is -2.42. The zero-order valence-corrected chi connectivity index (χ0v) is 27.2. The summed E-state index contributed by atoms with van der Waals surface area (Å²) in [5.41, 5.74) is 5.12. The minimum atomic E-state index is -1.18. The molecule has 0 aliphatic carbocycles. The number of carboxylic acid groups (broad SMARTS) is 1. The molecule has 0 bridgehead atoms. The lowest BCUT2D eigenvalue weighted by molar-refractivity contribution is -0.139. The number of anilines is 1. The van der Waals surface area contributed by atoms with Gasteiger partial charge in [0.25, 0.3) is 5.91 Å². The van der Waals surface area contributed by atoms with Gasteiger partial charge in [-0.1, -0.05) is 99.1 Å². The van der Waals surface area contributed by atoms with Crippen molar-refractivity contribution in [3.05, 3.63) is 143 Å². The number of phenols is 1. The van der Waals surface area contributed by atoms with E-state index in [4.69, 9.17) is 16.3 Å². The Morgan fingerprint density at radius 2 is 1.53 bits per heavy atom. The molecule has 0 aliphatic rings. The van der Waals surface area contributed by atoms with Gasteiger partial charge in [-0.05, 0) is 76.2 Å². The van der Waals surface area contributed by atoms with E-state index in [1.54, 1.807) is 42.5 Å². The Balaban J connectivity index is 1.25. The number of aromatic hydroxyl groups is 1. The third-order valence-electron chi connectivity index (χ3n) is 7.78. The molecule has 0 unspecified atom stereocenters. The Hall–Kier alpha value is -5.27. The Bertz CT molecular complexity index is 1860. The fourth-order valence-corrected chi connectivity index (χ4v) is 5.32. The second-order valence-corrected chi connectivity index (χ2v) is 12.8. The molecule has 0 aromatic heterocycles. The number of carbonyl (C=O) groups excluding carboxylic acids is 1. The molecule has 1 atom stereocenters. The van der Waals surface area contributed by atoms with Crippen molar-refractivity contribution in [2.24, 2.45) is 0 Å². The topological polar surface area (TPSA) is 108 Å². The van der Waals surface area contributed by atoms with Gasteiger partial charge in [0, 0.05) is 29.2 Å². The largest absolute Gasteiger partial charge is 0.507 e. The van der Waals surface area contributed by atoms with E-state index in [2.05, 4.69) is 43.5 Å². The average molecular weight is 649 g/mol. The SMILES string of the molecule is CC(C)(C)c1ccc(Oc2cccc(CNc3ccc(Cl)cc3C(=O)N[C@@H](Cc3ccc(-c4ccccc4O)cc3)C(=O)O)c2)cc1. The minimum absolute atomic E-state index is 0.0531. The molecule has 5 aromatic carbocycles. The molecule has 240 valence electrons. The van der Waals surface area contributed by atoms with Crippen LogP contribution in [-0.2, 0) is 23.2 Å². The van der Waals surface area contributed by atoms with Crippen molar-refractivity contribution >= 4 is 29.2 Å². The van der Waals surface area contributed by atoms with E-state index in [0.717, 1.165) is 16.9 Å². The van der Waals surface area contributed by atoms with Crippen LogP contribution in [0.1, 0.15) is 47.8 Å². The van der Waals surface area contributed by atoms with Gasteiger partial charge >= 0.3 is 5.97 Å². The zero-order valence-electron chi connectivity index (χ0n) is 26.5. The number of nitrogens with one attached hydrogen (secondary N) is 2. The van der Waals surface area contributed by atoms with Crippen LogP contribution in [0.25, 0.3) is 11.1 Å². The van der Waals surface area contributed by atoms with E-state index in [0.29, 0.717) is 34.1 Å². The maximum atomic E-state index is 13.4. The number of carboxylic acids is 1. The van der Waals surface area contributed by atoms with Crippen molar-refractivity contribution in [3.63, 3.8) is 0 Å². The third-order valence-corrected chi connectivity index (χ3v) is 8.01. The third kappa shape index (κ3) is 8.71. The quantitative estimate of drug-likeness (QED) is 0.114. The Morgan fingerprint density at radius 3 is 2.21 bits per heavy atom. The van der Waals surface area contributed by atoms with Crippen LogP contribution < -0.4 is 15.4 Å². The Labute approximate surface area is 279 Å². The van der Waals surface area contributed by atoms with E-state index in [9.17, 15) is 19.8 Å². The first kappa shape index (κ1) is 33.1. The Morgan fingerprint density at radius 1 is 0.809 bits per heavy atom. The van der Waals surface area contributed by atoms with Gasteiger partial charge in [-0.15, -0.1) is 0 Å². The number of hydrogen-bond donors (Lipinski definition) is 4. The van der Waals surface area contributed by atoms with Crippen LogP contribution >= 0.6 is 11.6 Å². The second-order valence-electron chi connectivity index (χ2n) is 12.3. The van der Waals surface area contributed by atoms with Crippen LogP contribution in [0.15, 0.2) is 115 Å². The first-order valence-corrected chi connectivity index (χ1v) is 15.7. The molecule has 7 nitrogen and oxygen atoms in total. The lowest BCUT2D eigenvalue weighted by Gasteiger charge is -2.19. The molecule has 5 aromatic rings. The number of hydrogen-bond acceptors (Lipinski definition) is 5. The maximum Gasteiger partial charge on any atom is 0.326 e. The summed E-state index contributed by atoms with van der Waals surface area (Å²) in [6.45, 7) is 6.88. The summed E-state index contributed by atoms with van der Waals surface area (Å²) in [5, 5.41) is 26.4. The fraction of sp³-hybridized carbons (Fsp3) is 0.179. The highest BCUT2D eigenvalue weighted by atomic mass is 35.5. The van der Waals surface area contributed by atoms with Crippen molar-refractivity contribution in [1.29, 1.82) is 0 Å². The van der Waals surface area contributed by atoms with Crippen molar-refractivity contribution in [2.75, 3.05) is 5.32 Å². The molecular formula is C39H37ClN2O5. The molecule has 0 saturated heterocycles. The molecule has 0 radical (unpaired) electrons. The standard InChI is InChI=1S/C39H37ClN2O5/c1-39(2,3)28-15-18-30(19-16-28)47-31-8-6-7-26(21-31)24-41-34-20-17-29(40)23-33(34)37(44)42-35(38(45)46)22-25-11-13-27(14-12-25)32-9-4-5-10-36(32)43/h4-21,23,35,41,43H,22,24H2,1-3H3,(H,42,44)(H,45,46)/t35-/m0/s1. The van der Waals surface area contributed by atoms with Crippen LogP contribution in [-0.4, -0.2) is 28.1 Å². The summed E-state index contributed by atoms with van der Waals surface area (Å²) in [4.78, 5) is 25.6.